The molecule has 2 rings (SSSR count). The van der Waals surface area contributed by atoms with E-state index in [1.165, 1.54) is 0 Å². The molecule has 0 spiro atoms. The number of amides is 1. The van der Waals surface area contributed by atoms with Gasteiger partial charge in [0.25, 0.3) is 5.91 Å². The third-order valence-electron chi connectivity index (χ3n) is 2.48. The van der Waals surface area contributed by atoms with Crippen LogP contribution in [0.3, 0.4) is 0 Å². The van der Waals surface area contributed by atoms with Gasteiger partial charge in [-0.25, -0.2) is 0 Å². The van der Waals surface area contributed by atoms with E-state index in [1.54, 1.807) is 12.1 Å². The van der Waals surface area contributed by atoms with Gasteiger partial charge in [0.15, 0.2) is 0 Å². The van der Waals surface area contributed by atoms with Crippen LogP contribution in [0.1, 0.15) is 15.9 Å². The molecule has 3 N–H and O–H groups in total. The Morgan fingerprint density at radius 2 is 1.65 bits per heavy atom. The molecule has 3 heteroatoms. The van der Waals surface area contributed by atoms with Crippen molar-refractivity contribution in [2.75, 3.05) is 5.32 Å². The van der Waals surface area contributed by atoms with Gasteiger partial charge in [0.1, 0.15) is 0 Å². The van der Waals surface area contributed by atoms with E-state index in [-0.39, 0.29) is 5.91 Å². The van der Waals surface area contributed by atoms with Gasteiger partial charge in [0.2, 0.25) is 0 Å². The highest BCUT2D eigenvalue weighted by Crippen LogP contribution is 2.09. The molecule has 0 atom stereocenters. The fourth-order valence-electron chi connectivity index (χ4n) is 1.52. The van der Waals surface area contributed by atoms with Crippen molar-refractivity contribution < 1.29 is 4.79 Å². The van der Waals surface area contributed by atoms with E-state index in [4.69, 9.17) is 5.73 Å². The first kappa shape index (κ1) is 11.4. The topological polar surface area (TPSA) is 55.1 Å². The summed E-state index contributed by atoms with van der Waals surface area (Å²) in [6, 6.07) is 16.7. The molecule has 0 aliphatic rings. The first-order chi connectivity index (χ1) is 8.29. The van der Waals surface area contributed by atoms with Crippen molar-refractivity contribution in [3.8, 4) is 0 Å². The minimum atomic E-state index is -0.111. The van der Waals surface area contributed by atoms with Gasteiger partial charge in [-0.3, -0.25) is 4.79 Å². The first-order valence-electron chi connectivity index (χ1n) is 5.45. The van der Waals surface area contributed by atoms with E-state index in [0.29, 0.717) is 12.1 Å². The highest BCUT2D eigenvalue weighted by molar-refractivity contribution is 6.04. The highest BCUT2D eigenvalue weighted by atomic mass is 16.1. The van der Waals surface area contributed by atoms with Crippen LogP contribution in [-0.2, 0) is 6.54 Å². The number of carbonyl (C=O) groups excluding carboxylic acids is 1. The van der Waals surface area contributed by atoms with E-state index in [0.717, 1.165) is 11.3 Å². The van der Waals surface area contributed by atoms with Gasteiger partial charge in [-0.2, -0.15) is 0 Å². The molecule has 3 nitrogen and oxygen atoms in total. The van der Waals surface area contributed by atoms with Crippen molar-refractivity contribution in [1.29, 1.82) is 0 Å². The fraction of sp³-hybridized carbons (Fsp3) is 0.0714. The third-order valence-corrected chi connectivity index (χ3v) is 2.48. The Morgan fingerprint density at radius 1 is 1.00 bits per heavy atom. The number of hydrogen-bond acceptors (Lipinski definition) is 2. The van der Waals surface area contributed by atoms with Crippen molar-refractivity contribution in [2.45, 2.75) is 6.54 Å². The summed E-state index contributed by atoms with van der Waals surface area (Å²) in [5.41, 5.74) is 7.94. The molecule has 0 heterocycles. The van der Waals surface area contributed by atoms with E-state index in [9.17, 15) is 4.79 Å². The van der Waals surface area contributed by atoms with Crippen LogP contribution in [0.5, 0.6) is 0 Å². The summed E-state index contributed by atoms with van der Waals surface area (Å²) in [6.07, 6.45) is 0. The maximum absolute atomic E-state index is 11.9. The molecular formula is C14H14N2O. The molecule has 0 radical (unpaired) electrons. The van der Waals surface area contributed by atoms with Gasteiger partial charge >= 0.3 is 0 Å². The van der Waals surface area contributed by atoms with Crippen LogP contribution in [0.4, 0.5) is 5.69 Å². The molecule has 0 saturated carbocycles. The Hall–Kier alpha value is -2.13. The van der Waals surface area contributed by atoms with Crippen LogP contribution < -0.4 is 11.1 Å². The van der Waals surface area contributed by atoms with Gasteiger partial charge in [-0.15, -0.1) is 0 Å². The van der Waals surface area contributed by atoms with Crippen molar-refractivity contribution in [3.63, 3.8) is 0 Å². The molecule has 17 heavy (non-hydrogen) atoms. The van der Waals surface area contributed by atoms with Crippen LogP contribution in [0.25, 0.3) is 0 Å². The molecule has 0 fully saturated rings. The minimum absolute atomic E-state index is 0.111. The second-order valence-corrected chi connectivity index (χ2v) is 3.72. The number of carbonyl (C=O) groups is 1. The molecular weight excluding hydrogens is 212 g/mol. The monoisotopic (exact) mass is 226 g/mol. The molecule has 0 aliphatic heterocycles. The fourth-order valence-corrected chi connectivity index (χ4v) is 1.52. The molecule has 0 bridgehead atoms. The van der Waals surface area contributed by atoms with Crippen LogP contribution in [-0.4, -0.2) is 5.91 Å². The molecule has 2 aromatic carbocycles. The van der Waals surface area contributed by atoms with Crippen molar-refractivity contribution in [2.24, 2.45) is 5.73 Å². The molecule has 2 aromatic rings. The zero-order valence-electron chi connectivity index (χ0n) is 9.39. The average Bonchev–Trinajstić information content (AvgIpc) is 2.40. The number of anilines is 1. The predicted octanol–water partition coefficient (Wildman–Crippen LogP) is 2.40. The van der Waals surface area contributed by atoms with Crippen LogP contribution >= 0.6 is 0 Å². The quantitative estimate of drug-likeness (QED) is 0.844. The lowest BCUT2D eigenvalue weighted by Gasteiger charge is -2.05. The molecule has 0 unspecified atom stereocenters. The minimum Gasteiger partial charge on any atom is -0.326 e. The SMILES string of the molecule is NCc1ccc(C(=O)Nc2ccccc2)cc1. The average molecular weight is 226 g/mol. The lowest BCUT2D eigenvalue weighted by atomic mass is 10.1. The summed E-state index contributed by atoms with van der Waals surface area (Å²) in [4.78, 5) is 11.9. The van der Waals surface area contributed by atoms with Crippen molar-refractivity contribution in [1.82, 2.24) is 0 Å². The van der Waals surface area contributed by atoms with E-state index in [2.05, 4.69) is 5.32 Å². The summed E-state index contributed by atoms with van der Waals surface area (Å²) in [7, 11) is 0. The molecule has 0 saturated heterocycles. The maximum atomic E-state index is 11.9. The number of nitrogens with one attached hydrogen (secondary N) is 1. The zero-order valence-corrected chi connectivity index (χ0v) is 9.39. The normalized spacial score (nSPS) is 9.94. The highest BCUT2D eigenvalue weighted by Gasteiger charge is 2.04. The second kappa shape index (κ2) is 5.27. The number of para-hydroxylation sites is 1. The molecule has 86 valence electrons. The van der Waals surface area contributed by atoms with E-state index < -0.39 is 0 Å². The predicted molar refractivity (Wildman–Crippen MR) is 68.7 cm³/mol. The molecule has 0 aliphatic carbocycles. The summed E-state index contributed by atoms with van der Waals surface area (Å²) < 4.78 is 0. The summed E-state index contributed by atoms with van der Waals surface area (Å²) in [5, 5.41) is 2.83. The zero-order chi connectivity index (χ0) is 12.1. The van der Waals surface area contributed by atoms with Gasteiger partial charge in [0.05, 0.1) is 0 Å². The van der Waals surface area contributed by atoms with Crippen LogP contribution in [0, 0.1) is 0 Å². The van der Waals surface area contributed by atoms with Gasteiger partial charge in [-0.05, 0) is 29.8 Å². The Kier molecular flexibility index (Phi) is 3.52. The lowest BCUT2D eigenvalue weighted by Crippen LogP contribution is -2.11. The van der Waals surface area contributed by atoms with Gasteiger partial charge in [0, 0.05) is 17.8 Å². The van der Waals surface area contributed by atoms with Crippen LogP contribution in [0.2, 0.25) is 0 Å². The smallest absolute Gasteiger partial charge is 0.255 e. The summed E-state index contributed by atoms with van der Waals surface area (Å²) >= 11 is 0. The Morgan fingerprint density at radius 3 is 2.24 bits per heavy atom. The Balaban J connectivity index is 2.09. The van der Waals surface area contributed by atoms with E-state index in [1.807, 2.05) is 42.5 Å². The number of benzene rings is 2. The third kappa shape index (κ3) is 2.92. The number of hydrogen-bond donors (Lipinski definition) is 2. The first-order valence-corrected chi connectivity index (χ1v) is 5.45. The maximum Gasteiger partial charge on any atom is 0.255 e. The molecule has 1 amide bonds. The van der Waals surface area contributed by atoms with Crippen LogP contribution in [0.15, 0.2) is 54.6 Å². The van der Waals surface area contributed by atoms with Crippen molar-refractivity contribution >= 4 is 11.6 Å². The Labute approximate surface area is 100 Å². The number of nitrogens with two attached hydrogens (primary N) is 1. The number of rotatable bonds is 3. The van der Waals surface area contributed by atoms with E-state index >= 15 is 0 Å². The van der Waals surface area contributed by atoms with Gasteiger partial charge in [-0.1, -0.05) is 30.3 Å². The summed E-state index contributed by atoms with van der Waals surface area (Å²) in [5.74, 6) is -0.111. The van der Waals surface area contributed by atoms with Crippen molar-refractivity contribution in [3.05, 3.63) is 65.7 Å². The lowest BCUT2D eigenvalue weighted by molar-refractivity contribution is 0.102. The largest absolute Gasteiger partial charge is 0.326 e. The Bertz CT molecular complexity index is 491. The standard InChI is InChI=1S/C14H14N2O/c15-10-11-6-8-12(9-7-11)14(17)16-13-4-2-1-3-5-13/h1-9H,10,15H2,(H,16,17). The second-order valence-electron chi connectivity index (χ2n) is 3.72. The molecule has 0 aromatic heterocycles. The van der Waals surface area contributed by atoms with Gasteiger partial charge < -0.3 is 11.1 Å². The summed E-state index contributed by atoms with van der Waals surface area (Å²) in [6.45, 7) is 0.487.